The Morgan fingerprint density at radius 3 is 2.14 bits per heavy atom. The number of hydrogen-bond acceptors (Lipinski definition) is 1. The fourth-order valence-corrected chi connectivity index (χ4v) is 0.530. The highest BCUT2D eigenvalue weighted by Crippen LogP contribution is 1.52. The summed E-state index contributed by atoms with van der Waals surface area (Å²) in [5, 5.41) is 0.394. The van der Waals surface area contributed by atoms with Crippen LogP contribution < -0.4 is 17.2 Å². The zero-order valence-corrected chi connectivity index (χ0v) is 4.87. The molecule has 0 radical (unpaired) electrons. The standard InChI is InChI=1S/C3H10N3S/c4-1-2-7-3(5)6/h1-2,4-6H2/q+1. The Morgan fingerprint density at radius 1 is 1.43 bits per heavy atom. The molecule has 0 amide bonds. The minimum absolute atomic E-state index is 0.394. The number of hydrogen-bond donors (Lipinski definition) is 3. The molecule has 0 rings (SSSR count). The summed E-state index contributed by atoms with van der Waals surface area (Å²) in [4.78, 5) is 0. The lowest BCUT2D eigenvalue weighted by Gasteiger charge is -1.69. The Morgan fingerprint density at radius 2 is 2.00 bits per heavy atom. The maximum Gasteiger partial charge on any atom is 0.314 e. The van der Waals surface area contributed by atoms with Crippen molar-refractivity contribution in [2.45, 2.75) is 0 Å². The van der Waals surface area contributed by atoms with Crippen molar-refractivity contribution in [2.24, 2.45) is 17.2 Å². The van der Waals surface area contributed by atoms with E-state index in [0.29, 0.717) is 11.7 Å². The van der Waals surface area contributed by atoms with Crippen LogP contribution in [0.4, 0.5) is 0 Å². The molecule has 42 valence electrons. The smallest absolute Gasteiger partial charge is 0.314 e. The van der Waals surface area contributed by atoms with E-state index in [-0.39, 0.29) is 0 Å². The predicted molar refractivity (Wildman–Crippen MR) is 34.7 cm³/mol. The van der Waals surface area contributed by atoms with Crippen molar-refractivity contribution in [3.63, 3.8) is 0 Å². The molecule has 0 aliphatic heterocycles. The highest BCUT2D eigenvalue weighted by molar-refractivity contribution is 7.78. The van der Waals surface area contributed by atoms with Gasteiger partial charge in [-0.3, -0.25) is 0 Å². The lowest BCUT2D eigenvalue weighted by molar-refractivity contribution is 1.15. The monoisotopic (exact) mass is 120 g/mol. The Hall–Kier alpha value is -0.0300. The van der Waals surface area contributed by atoms with Crippen LogP contribution in [0.5, 0.6) is 0 Å². The van der Waals surface area contributed by atoms with Crippen molar-refractivity contribution in [1.29, 1.82) is 0 Å². The van der Waals surface area contributed by atoms with Gasteiger partial charge in [-0.25, -0.2) is 11.5 Å². The second-order valence-electron chi connectivity index (χ2n) is 1.04. The fourth-order valence-electron chi connectivity index (χ4n) is 0.177. The summed E-state index contributed by atoms with van der Waals surface area (Å²) in [7, 11) is 0. The minimum atomic E-state index is 0.394. The first-order valence-electron chi connectivity index (χ1n) is 1.98. The van der Waals surface area contributed by atoms with Gasteiger partial charge >= 0.3 is 5.11 Å². The first-order chi connectivity index (χ1) is 3.27. The van der Waals surface area contributed by atoms with E-state index in [9.17, 15) is 0 Å². The minimum Gasteiger partial charge on any atom is -0.326 e. The van der Waals surface area contributed by atoms with Gasteiger partial charge in [0.15, 0.2) is 5.75 Å². The van der Waals surface area contributed by atoms with Gasteiger partial charge in [0.1, 0.15) is 0 Å². The average molecular weight is 120 g/mol. The lowest BCUT2D eigenvalue weighted by Crippen LogP contribution is -2.25. The molecule has 6 N–H and O–H groups in total. The van der Waals surface area contributed by atoms with E-state index in [2.05, 4.69) is 0 Å². The lowest BCUT2D eigenvalue weighted by atomic mass is 10.8. The molecule has 0 unspecified atom stereocenters. The fraction of sp³-hybridized carbons (Fsp3) is 0.667. The highest BCUT2D eigenvalue weighted by atomic mass is 32.1. The van der Waals surface area contributed by atoms with Crippen molar-refractivity contribution in [3.8, 4) is 0 Å². The van der Waals surface area contributed by atoms with Crippen LogP contribution >= 0.6 is 0 Å². The average Bonchev–Trinajstić information content (AvgIpc) is 1.61. The molecule has 0 spiro atoms. The molecule has 0 fully saturated rings. The number of nitrogens with two attached hydrogens (primary N) is 3. The van der Waals surface area contributed by atoms with Gasteiger partial charge < -0.3 is 5.73 Å². The topological polar surface area (TPSA) is 78.1 Å². The van der Waals surface area contributed by atoms with Crippen LogP contribution in [0.2, 0.25) is 0 Å². The maximum atomic E-state index is 5.13. The zero-order chi connectivity index (χ0) is 5.70. The molecule has 7 heavy (non-hydrogen) atoms. The molecular weight excluding hydrogens is 110 g/mol. The van der Waals surface area contributed by atoms with Crippen LogP contribution in [0.15, 0.2) is 0 Å². The van der Waals surface area contributed by atoms with Gasteiger partial charge in [0.05, 0.1) is 0 Å². The summed E-state index contributed by atoms with van der Waals surface area (Å²) in [6, 6.07) is 0. The van der Waals surface area contributed by atoms with E-state index in [1.807, 2.05) is 0 Å². The molecule has 0 aromatic rings. The van der Waals surface area contributed by atoms with Crippen molar-refractivity contribution in [3.05, 3.63) is 0 Å². The summed E-state index contributed by atoms with van der Waals surface area (Å²) < 4.78 is 0. The Labute approximate surface area is 46.8 Å². The van der Waals surface area contributed by atoms with Crippen LogP contribution in [0.1, 0.15) is 0 Å². The zero-order valence-electron chi connectivity index (χ0n) is 4.05. The molecule has 0 aliphatic rings. The largest absolute Gasteiger partial charge is 0.326 e. The molecule has 0 heterocycles. The molecule has 4 heteroatoms. The van der Waals surface area contributed by atoms with Crippen molar-refractivity contribution in [1.82, 2.24) is 0 Å². The van der Waals surface area contributed by atoms with Crippen molar-refractivity contribution in [2.75, 3.05) is 12.3 Å². The first kappa shape index (κ1) is 6.97. The molecule has 0 aromatic carbocycles. The van der Waals surface area contributed by atoms with E-state index < -0.39 is 0 Å². The third-order valence-electron chi connectivity index (χ3n) is 0.387. The van der Waals surface area contributed by atoms with E-state index in [1.54, 1.807) is 0 Å². The highest BCUT2D eigenvalue weighted by Gasteiger charge is 1.92. The van der Waals surface area contributed by atoms with Crippen molar-refractivity contribution < 1.29 is 0 Å². The second-order valence-corrected chi connectivity index (χ2v) is 2.21. The number of rotatable bonds is 2. The normalized spacial score (nSPS) is 8.43. The molecule has 0 aliphatic carbocycles. The molecule has 0 saturated carbocycles. The quantitative estimate of drug-likeness (QED) is 0.292. The second kappa shape index (κ2) is 4.14. The summed E-state index contributed by atoms with van der Waals surface area (Å²) >= 11 is 1.38. The SMILES string of the molecule is NCC[S+]=C(N)N. The third kappa shape index (κ3) is 5.97. The van der Waals surface area contributed by atoms with Gasteiger partial charge in [-0.2, -0.15) is 0 Å². The van der Waals surface area contributed by atoms with Gasteiger partial charge in [0.25, 0.3) is 0 Å². The summed E-state index contributed by atoms with van der Waals surface area (Å²) in [5.74, 6) is 0.808. The summed E-state index contributed by atoms with van der Waals surface area (Å²) in [5.41, 5.74) is 15.3. The Bertz CT molecular complexity index is 66.6. The van der Waals surface area contributed by atoms with Gasteiger partial charge in [-0.15, -0.1) is 0 Å². The van der Waals surface area contributed by atoms with Crippen LogP contribution in [0.3, 0.4) is 0 Å². The van der Waals surface area contributed by atoms with Crippen LogP contribution in [0, 0.1) is 0 Å². The molecule has 3 nitrogen and oxygen atoms in total. The van der Waals surface area contributed by atoms with Gasteiger partial charge in [-0.05, 0) is 0 Å². The maximum absolute atomic E-state index is 5.13. The Balaban J connectivity index is 3.08. The van der Waals surface area contributed by atoms with Crippen molar-refractivity contribution >= 4 is 16.5 Å². The third-order valence-corrected chi connectivity index (χ3v) is 1.16. The molecule has 0 saturated heterocycles. The van der Waals surface area contributed by atoms with Crippen LogP contribution in [-0.2, 0) is 11.4 Å². The van der Waals surface area contributed by atoms with Gasteiger partial charge in [0.2, 0.25) is 11.4 Å². The predicted octanol–water partition coefficient (Wildman–Crippen LogP) is -1.97. The molecular formula is C3H10N3S+. The van der Waals surface area contributed by atoms with Crippen LogP contribution in [-0.4, -0.2) is 17.4 Å². The van der Waals surface area contributed by atoms with E-state index in [0.717, 1.165) is 5.75 Å². The van der Waals surface area contributed by atoms with E-state index in [1.165, 1.54) is 11.4 Å². The molecule has 0 aromatic heterocycles. The van der Waals surface area contributed by atoms with Crippen LogP contribution in [0.25, 0.3) is 0 Å². The summed E-state index contributed by atoms with van der Waals surface area (Å²) in [6.45, 7) is 0.628. The van der Waals surface area contributed by atoms with E-state index >= 15 is 0 Å². The molecule has 0 atom stereocenters. The van der Waals surface area contributed by atoms with E-state index in [4.69, 9.17) is 17.2 Å². The first-order valence-corrected chi connectivity index (χ1v) is 2.96. The Kier molecular flexibility index (Phi) is 4.12. The molecule has 0 bridgehead atoms. The summed E-state index contributed by atoms with van der Waals surface area (Å²) in [6.07, 6.45) is 0. The van der Waals surface area contributed by atoms with Gasteiger partial charge in [0, 0.05) is 6.54 Å². The van der Waals surface area contributed by atoms with Gasteiger partial charge in [-0.1, -0.05) is 0 Å².